The molecule has 0 aromatic heterocycles. The van der Waals surface area contributed by atoms with Gasteiger partial charge in [0.05, 0.1) is 9.85 Å². The Morgan fingerprint density at radius 2 is 1.82 bits per heavy atom. The SMILES string of the molecule is CC(C)Cc1cc(O)c([N+](=O)[O-])c([N+](=O)[O-])c1. The van der Waals surface area contributed by atoms with Crippen LogP contribution in [0.25, 0.3) is 0 Å². The largest absolute Gasteiger partial charge is 0.502 e. The Morgan fingerprint density at radius 1 is 1.24 bits per heavy atom. The molecule has 0 amide bonds. The summed E-state index contributed by atoms with van der Waals surface area (Å²) in [6, 6.07) is 2.34. The Hall–Kier alpha value is -2.18. The second-order valence-electron chi connectivity index (χ2n) is 4.09. The van der Waals surface area contributed by atoms with Crippen molar-refractivity contribution < 1.29 is 15.0 Å². The van der Waals surface area contributed by atoms with Crippen molar-refractivity contribution in [1.29, 1.82) is 0 Å². The van der Waals surface area contributed by atoms with Gasteiger partial charge in [0.15, 0.2) is 0 Å². The lowest BCUT2D eigenvalue weighted by molar-refractivity contribution is -0.423. The zero-order valence-electron chi connectivity index (χ0n) is 9.41. The van der Waals surface area contributed by atoms with Gasteiger partial charge in [-0.3, -0.25) is 20.2 Å². The van der Waals surface area contributed by atoms with E-state index >= 15 is 0 Å². The quantitative estimate of drug-likeness (QED) is 0.642. The Bertz CT molecular complexity index is 470. The van der Waals surface area contributed by atoms with Gasteiger partial charge >= 0.3 is 11.4 Å². The molecule has 1 N–H and O–H groups in total. The first kappa shape index (κ1) is 12.9. The Morgan fingerprint density at radius 3 is 2.24 bits per heavy atom. The number of hydrogen-bond donors (Lipinski definition) is 1. The summed E-state index contributed by atoms with van der Waals surface area (Å²) in [7, 11) is 0. The first-order chi connectivity index (χ1) is 7.82. The second-order valence-corrected chi connectivity index (χ2v) is 4.09. The van der Waals surface area contributed by atoms with E-state index in [4.69, 9.17) is 0 Å². The van der Waals surface area contributed by atoms with E-state index in [0.29, 0.717) is 12.0 Å². The van der Waals surface area contributed by atoms with Crippen molar-refractivity contribution in [3.05, 3.63) is 37.9 Å². The van der Waals surface area contributed by atoms with Crippen LogP contribution in [-0.4, -0.2) is 15.0 Å². The van der Waals surface area contributed by atoms with Crippen LogP contribution < -0.4 is 0 Å². The van der Waals surface area contributed by atoms with E-state index in [1.807, 2.05) is 13.8 Å². The van der Waals surface area contributed by atoms with Crippen molar-refractivity contribution in [2.24, 2.45) is 5.92 Å². The first-order valence-corrected chi connectivity index (χ1v) is 4.97. The van der Waals surface area contributed by atoms with Crippen molar-refractivity contribution in [1.82, 2.24) is 0 Å². The maximum absolute atomic E-state index is 10.7. The summed E-state index contributed by atoms with van der Waals surface area (Å²) < 4.78 is 0. The van der Waals surface area contributed by atoms with E-state index in [1.165, 1.54) is 6.07 Å². The molecule has 0 saturated heterocycles. The molecule has 0 saturated carbocycles. The maximum atomic E-state index is 10.7. The molecule has 7 heteroatoms. The third-order valence-electron chi connectivity index (χ3n) is 2.15. The van der Waals surface area contributed by atoms with Crippen LogP contribution in [0.15, 0.2) is 12.1 Å². The van der Waals surface area contributed by atoms with Crippen molar-refractivity contribution in [2.75, 3.05) is 0 Å². The molecule has 0 aliphatic rings. The van der Waals surface area contributed by atoms with Gasteiger partial charge in [-0.15, -0.1) is 0 Å². The average molecular weight is 240 g/mol. The highest BCUT2D eigenvalue weighted by atomic mass is 16.6. The van der Waals surface area contributed by atoms with Crippen LogP contribution in [0.4, 0.5) is 11.4 Å². The predicted molar refractivity (Wildman–Crippen MR) is 60.0 cm³/mol. The maximum Gasteiger partial charge on any atom is 0.387 e. The molecule has 17 heavy (non-hydrogen) atoms. The summed E-state index contributed by atoms with van der Waals surface area (Å²) >= 11 is 0. The van der Waals surface area contributed by atoms with Gasteiger partial charge in [-0.05, 0) is 24.0 Å². The normalized spacial score (nSPS) is 10.5. The van der Waals surface area contributed by atoms with Crippen LogP contribution in [0.5, 0.6) is 5.75 Å². The van der Waals surface area contributed by atoms with Gasteiger partial charge in [-0.25, -0.2) is 0 Å². The van der Waals surface area contributed by atoms with Gasteiger partial charge in [0, 0.05) is 6.07 Å². The topological polar surface area (TPSA) is 107 Å². The van der Waals surface area contributed by atoms with Crippen LogP contribution in [0.1, 0.15) is 19.4 Å². The fourth-order valence-electron chi connectivity index (χ4n) is 1.58. The molecule has 0 radical (unpaired) electrons. The molecule has 0 atom stereocenters. The van der Waals surface area contributed by atoms with Crippen molar-refractivity contribution in [2.45, 2.75) is 20.3 Å². The zero-order valence-corrected chi connectivity index (χ0v) is 9.41. The summed E-state index contributed by atoms with van der Waals surface area (Å²) in [5.41, 5.74) is -1.03. The predicted octanol–water partition coefficient (Wildman–Crippen LogP) is 2.41. The third-order valence-corrected chi connectivity index (χ3v) is 2.15. The van der Waals surface area contributed by atoms with Crippen LogP contribution in [-0.2, 0) is 6.42 Å². The van der Waals surface area contributed by atoms with E-state index in [2.05, 4.69) is 0 Å². The van der Waals surface area contributed by atoms with Gasteiger partial charge in [0.2, 0.25) is 5.75 Å². The van der Waals surface area contributed by atoms with Gasteiger partial charge < -0.3 is 5.11 Å². The van der Waals surface area contributed by atoms with E-state index in [0.717, 1.165) is 6.07 Å². The van der Waals surface area contributed by atoms with Crippen molar-refractivity contribution in [3.63, 3.8) is 0 Å². The second kappa shape index (κ2) is 4.77. The molecule has 7 nitrogen and oxygen atoms in total. The smallest absolute Gasteiger partial charge is 0.387 e. The van der Waals surface area contributed by atoms with Crippen LogP contribution in [0.3, 0.4) is 0 Å². The number of benzene rings is 1. The highest BCUT2D eigenvalue weighted by Gasteiger charge is 2.29. The molecule has 0 aliphatic heterocycles. The standard InChI is InChI=1S/C10H12N2O5/c1-6(2)3-7-4-8(11(14)15)10(12(16)17)9(13)5-7/h4-6,13H,3H2,1-2H3. The summed E-state index contributed by atoms with van der Waals surface area (Å²) in [6.45, 7) is 3.81. The Kier molecular flexibility index (Phi) is 3.62. The lowest BCUT2D eigenvalue weighted by atomic mass is 10.0. The minimum atomic E-state index is -0.952. The van der Waals surface area contributed by atoms with Crippen LogP contribution >= 0.6 is 0 Å². The van der Waals surface area contributed by atoms with Crippen molar-refractivity contribution in [3.8, 4) is 5.75 Å². The molecule has 92 valence electrons. The molecule has 0 aliphatic carbocycles. The van der Waals surface area contributed by atoms with E-state index in [1.54, 1.807) is 0 Å². The Labute approximate surface area is 97.0 Å². The lowest BCUT2D eigenvalue weighted by Gasteiger charge is -2.06. The molecule has 0 unspecified atom stereocenters. The number of aromatic hydroxyl groups is 1. The number of phenols is 1. The summed E-state index contributed by atoms with van der Waals surface area (Å²) in [5.74, 6) is -0.435. The van der Waals surface area contributed by atoms with Crippen LogP contribution in [0.2, 0.25) is 0 Å². The monoisotopic (exact) mass is 240 g/mol. The molecule has 1 aromatic carbocycles. The lowest BCUT2D eigenvalue weighted by Crippen LogP contribution is -2.00. The number of rotatable bonds is 4. The van der Waals surface area contributed by atoms with E-state index < -0.39 is 27.0 Å². The first-order valence-electron chi connectivity index (χ1n) is 4.97. The molecule has 0 bridgehead atoms. The third kappa shape index (κ3) is 2.90. The minimum absolute atomic E-state index is 0.232. The van der Waals surface area contributed by atoms with Gasteiger partial charge in [-0.2, -0.15) is 0 Å². The number of nitro benzene ring substituents is 2. The molecule has 0 spiro atoms. The minimum Gasteiger partial charge on any atom is -0.502 e. The highest BCUT2D eigenvalue weighted by Crippen LogP contribution is 2.37. The summed E-state index contributed by atoms with van der Waals surface area (Å²) in [5, 5.41) is 30.8. The summed E-state index contributed by atoms with van der Waals surface area (Å²) in [6.07, 6.45) is 0.506. The average Bonchev–Trinajstić information content (AvgIpc) is 2.14. The van der Waals surface area contributed by atoms with Crippen molar-refractivity contribution >= 4 is 11.4 Å². The number of nitro groups is 2. The fourth-order valence-corrected chi connectivity index (χ4v) is 1.58. The fraction of sp³-hybridized carbons (Fsp3) is 0.400. The van der Waals surface area contributed by atoms with E-state index in [-0.39, 0.29) is 5.92 Å². The van der Waals surface area contributed by atoms with Crippen LogP contribution in [0, 0.1) is 26.1 Å². The molecule has 0 heterocycles. The number of hydrogen-bond acceptors (Lipinski definition) is 5. The van der Waals surface area contributed by atoms with Gasteiger partial charge in [0.25, 0.3) is 0 Å². The molecule has 0 fully saturated rings. The summed E-state index contributed by atoms with van der Waals surface area (Å²) in [4.78, 5) is 19.5. The van der Waals surface area contributed by atoms with Gasteiger partial charge in [0.1, 0.15) is 0 Å². The highest BCUT2D eigenvalue weighted by molar-refractivity contribution is 5.62. The molecular weight excluding hydrogens is 228 g/mol. The molecular formula is C10H12N2O5. The van der Waals surface area contributed by atoms with Gasteiger partial charge in [-0.1, -0.05) is 13.8 Å². The molecule has 1 aromatic rings. The number of phenolic OH excluding ortho intramolecular Hbond substituents is 1. The number of nitrogens with zero attached hydrogens (tertiary/aromatic N) is 2. The molecule has 1 rings (SSSR count). The zero-order chi connectivity index (χ0) is 13.2. The Balaban J connectivity index is 3.36. The van der Waals surface area contributed by atoms with E-state index in [9.17, 15) is 25.3 Å².